The Bertz CT molecular complexity index is 1250. The number of ether oxygens (including phenoxy) is 2. The molecule has 3 aromatic rings. The summed E-state index contributed by atoms with van der Waals surface area (Å²) < 4.78 is 25.6. The monoisotopic (exact) mass is 518 g/mol. The SMILES string of the molecule is CCOc1cc(CN2CCC3(CC2)CN(c2ccccc2C(=O)O)C3)cc(OCC)c1-c1ccc(F)cc1. The van der Waals surface area contributed by atoms with Gasteiger partial charge in [-0.3, -0.25) is 4.90 Å². The molecule has 2 saturated heterocycles. The van der Waals surface area contributed by atoms with Crippen LogP contribution < -0.4 is 14.4 Å². The molecule has 0 aliphatic carbocycles. The second kappa shape index (κ2) is 11.0. The number of carboxylic acid groups (broad SMARTS) is 1. The van der Waals surface area contributed by atoms with Gasteiger partial charge in [0.2, 0.25) is 0 Å². The molecule has 7 heteroatoms. The van der Waals surface area contributed by atoms with Gasteiger partial charge >= 0.3 is 5.97 Å². The standard InChI is InChI=1S/C31H35FN2O4/c1-3-37-27-17-22(18-28(38-4-2)29(27)23-9-11-24(32)12-10-23)19-33-15-13-31(14-16-33)20-34(21-31)26-8-6-5-7-25(26)30(35)36/h5-12,17-18H,3-4,13-16,19-21H2,1-2H3,(H,35,36). The lowest BCUT2D eigenvalue weighted by molar-refractivity contribution is 0.0676. The van der Waals surface area contributed by atoms with Crippen LogP contribution in [0.1, 0.15) is 42.6 Å². The van der Waals surface area contributed by atoms with Gasteiger partial charge in [-0.05, 0) is 87.3 Å². The average Bonchev–Trinajstić information content (AvgIpc) is 2.89. The Morgan fingerprint density at radius 3 is 2.13 bits per heavy atom. The number of anilines is 1. The van der Waals surface area contributed by atoms with E-state index in [-0.39, 0.29) is 11.2 Å². The number of piperidine rings is 1. The highest BCUT2D eigenvalue weighted by atomic mass is 19.1. The van der Waals surface area contributed by atoms with E-state index in [1.807, 2.05) is 26.0 Å². The Labute approximate surface area is 223 Å². The number of para-hydroxylation sites is 1. The van der Waals surface area contributed by atoms with Gasteiger partial charge in [-0.1, -0.05) is 24.3 Å². The topological polar surface area (TPSA) is 62.2 Å². The number of benzene rings is 3. The van der Waals surface area contributed by atoms with Gasteiger partial charge in [-0.15, -0.1) is 0 Å². The van der Waals surface area contributed by atoms with Gasteiger partial charge in [0.1, 0.15) is 17.3 Å². The molecule has 0 unspecified atom stereocenters. The Kier molecular flexibility index (Phi) is 7.56. The summed E-state index contributed by atoms with van der Waals surface area (Å²) in [5.74, 6) is 0.352. The third kappa shape index (κ3) is 5.34. The first-order valence-corrected chi connectivity index (χ1v) is 13.4. The van der Waals surface area contributed by atoms with Crippen molar-refractivity contribution >= 4 is 11.7 Å². The van der Waals surface area contributed by atoms with Crippen LogP contribution in [-0.4, -0.2) is 55.4 Å². The van der Waals surface area contributed by atoms with E-state index in [4.69, 9.17) is 9.47 Å². The Balaban J connectivity index is 1.27. The number of carbonyl (C=O) groups is 1. The van der Waals surface area contributed by atoms with Gasteiger partial charge < -0.3 is 19.5 Å². The van der Waals surface area contributed by atoms with E-state index in [0.29, 0.717) is 18.8 Å². The van der Waals surface area contributed by atoms with Crippen molar-refractivity contribution in [3.63, 3.8) is 0 Å². The summed E-state index contributed by atoms with van der Waals surface area (Å²) in [6.45, 7) is 9.55. The second-order valence-corrected chi connectivity index (χ2v) is 10.3. The molecule has 5 rings (SSSR count). The van der Waals surface area contributed by atoms with Gasteiger partial charge in [0, 0.05) is 25.0 Å². The number of aromatic carboxylic acids is 1. The van der Waals surface area contributed by atoms with Crippen LogP contribution in [0.5, 0.6) is 11.5 Å². The van der Waals surface area contributed by atoms with Crippen molar-refractivity contribution < 1.29 is 23.8 Å². The highest BCUT2D eigenvalue weighted by molar-refractivity contribution is 5.94. The summed E-state index contributed by atoms with van der Waals surface area (Å²) in [7, 11) is 0. The molecular weight excluding hydrogens is 483 g/mol. The van der Waals surface area contributed by atoms with Gasteiger partial charge in [-0.2, -0.15) is 0 Å². The summed E-state index contributed by atoms with van der Waals surface area (Å²) in [4.78, 5) is 16.3. The molecule has 1 N–H and O–H groups in total. The van der Waals surface area contributed by atoms with Crippen molar-refractivity contribution in [2.45, 2.75) is 33.2 Å². The Morgan fingerprint density at radius 1 is 0.947 bits per heavy atom. The summed E-state index contributed by atoms with van der Waals surface area (Å²) >= 11 is 0. The quantitative estimate of drug-likeness (QED) is 0.370. The second-order valence-electron chi connectivity index (χ2n) is 10.3. The fraction of sp³-hybridized carbons (Fsp3) is 0.387. The van der Waals surface area contributed by atoms with Crippen molar-refractivity contribution in [3.05, 3.63) is 77.6 Å². The molecule has 0 aromatic heterocycles. The molecule has 6 nitrogen and oxygen atoms in total. The third-order valence-corrected chi connectivity index (χ3v) is 7.71. The van der Waals surface area contributed by atoms with Gasteiger partial charge in [0.15, 0.2) is 0 Å². The minimum absolute atomic E-state index is 0.252. The number of carboxylic acids is 1. The number of rotatable bonds is 9. The first-order valence-electron chi connectivity index (χ1n) is 13.4. The van der Waals surface area contributed by atoms with Crippen LogP contribution in [-0.2, 0) is 6.54 Å². The predicted octanol–water partition coefficient (Wildman–Crippen LogP) is 6.09. The number of hydrogen-bond donors (Lipinski definition) is 1. The molecule has 2 aliphatic heterocycles. The fourth-order valence-electron chi connectivity index (χ4n) is 5.80. The maximum absolute atomic E-state index is 13.6. The average molecular weight is 519 g/mol. The van der Waals surface area contributed by atoms with E-state index in [9.17, 15) is 14.3 Å². The molecular formula is C31H35FN2O4. The number of hydrogen-bond acceptors (Lipinski definition) is 5. The fourth-order valence-corrected chi connectivity index (χ4v) is 5.80. The lowest BCUT2D eigenvalue weighted by Gasteiger charge is -2.55. The molecule has 1 spiro atoms. The lowest BCUT2D eigenvalue weighted by atomic mass is 9.71. The van der Waals surface area contributed by atoms with Crippen molar-refractivity contribution in [2.24, 2.45) is 5.41 Å². The zero-order valence-electron chi connectivity index (χ0n) is 22.1. The molecule has 2 fully saturated rings. The third-order valence-electron chi connectivity index (χ3n) is 7.71. The lowest BCUT2D eigenvalue weighted by Crippen LogP contribution is -2.60. The molecule has 38 heavy (non-hydrogen) atoms. The van der Waals surface area contributed by atoms with Gasteiger partial charge in [0.25, 0.3) is 0 Å². The first-order chi connectivity index (χ1) is 18.4. The van der Waals surface area contributed by atoms with Crippen LogP contribution in [0.2, 0.25) is 0 Å². The predicted molar refractivity (Wildman–Crippen MR) is 147 cm³/mol. The molecule has 0 bridgehead atoms. The van der Waals surface area contributed by atoms with Crippen molar-refractivity contribution in [3.8, 4) is 22.6 Å². The zero-order chi connectivity index (χ0) is 26.7. The Hall–Kier alpha value is -3.58. The molecule has 2 heterocycles. The minimum atomic E-state index is -0.875. The van der Waals surface area contributed by atoms with Crippen LogP contribution in [0.15, 0.2) is 60.7 Å². The number of nitrogens with zero attached hydrogens (tertiary/aromatic N) is 2. The van der Waals surface area contributed by atoms with Crippen LogP contribution in [0.25, 0.3) is 11.1 Å². The van der Waals surface area contributed by atoms with E-state index >= 15 is 0 Å². The molecule has 200 valence electrons. The van der Waals surface area contributed by atoms with E-state index in [1.165, 1.54) is 12.1 Å². The first kappa shape index (κ1) is 26.0. The summed E-state index contributed by atoms with van der Waals surface area (Å²) in [6.07, 6.45) is 2.17. The molecule has 0 amide bonds. The van der Waals surface area contributed by atoms with Crippen LogP contribution >= 0.6 is 0 Å². The van der Waals surface area contributed by atoms with Crippen molar-refractivity contribution in [1.82, 2.24) is 4.90 Å². The van der Waals surface area contributed by atoms with E-state index in [0.717, 1.165) is 79.4 Å². The highest BCUT2D eigenvalue weighted by Gasteiger charge is 2.45. The smallest absolute Gasteiger partial charge is 0.337 e. The zero-order valence-corrected chi connectivity index (χ0v) is 22.1. The molecule has 3 aromatic carbocycles. The van der Waals surface area contributed by atoms with Crippen LogP contribution in [0.4, 0.5) is 10.1 Å². The maximum atomic E-state index is 13.6. The summed E-state index contributed by atoms with van der Waals surface area (Å²) in [6, 6.07) is 17.9. The summed E-state index contributed by atoms with van der Waals surface area (Å²) in [5, 5.41) is 9.54. The minimum Gasteiger partial charge on any atom is -0.493 e. The van der Waals surface area contributed by atoms with E-state index in [2.05, 4.69) is 21.9 Å². The largest absolute Gasteiger partial charge is 0.493 e. The highest BCUT2D eigenvalue weighted by Crippen LogP contribution is 2.44. The van der Waals surface area contributed by atoms with Crippen LogP contribution in [0, 0.1) is 11.2 Å². The van der Waals surface area contributed by atoms with E-state index < -0.39 is 5.97 Å². The molecule has 0 radical (unpaired) electrons. The van der Waals surface area contributed by atoms with Gasteiger partial charge in [0.05, 0.1) is 30.0 Å². The van der Waals surface area contributed by atoms with Crippen molar-refractivity contribution in [1.29, 1.82) is 0 Å². The number of likely N-dealkylation sites (tertiary alicyclic amines) is 1. The Morgan fingerprint density at radius 2 is 1.55 bits per heavy atom. The molecule has 0 atom stereocenters. The maximum Gasteiger partial charge on any atom is 0.337 e. The van der Waals surface area contributed by atoms with Crippen LogP contribution in [0.3, 0.4) is 0 Å². The normalized spacial score (nSPS) is 16.8. The molecule has 2 aliphatic rings. The number of halogens is 1. The van der Waals surface area contributed by atoms with Gasteiger partial charge in [-0.25, -0.2) is 9.18 Å². The summed E-state index contributed by atoms with van der Waals surface area (Å²) in [5.41, 5.74) is 4.29. The van der Waals surface area contributed by atoms with Crippen molar-refractivity contribution in [2.75, 3.05) is 44.3 Å². The van der Waals surface area contributed by atoms with E-state index in [1.54, 1.807) is 24.3 Å². The molecule has 0 saturated carbocycles.